The maximum atomic E-state index is 12.3. The maximum absolute atomic E-state index is 12.3. The van der Waals surface area contributed by atoms with Crippen LogP contribution in [0.4, 0.5) is 0 Å². The van der Waals surface area contributed by atoms with Gasteiger partial charge in [0.15, 0.2) is 17.3 Å². The standard InChI is InChI=1S/C19H22O3/c1-19-8-7-12-13(15(19)5-6-18(19)21)4-3-11-9-16(20)17(22-2)10-14(11)12/h5-6,9-10,12-13,15,20H,3-4,7-8H2,1-2H3/t12?,13?,15?,19-/m0/s1. The number of allylic oxidation sites excluding steroid dienone is 2. The van der Waals surface area contributed by atoms with E-state index in [4.69, 9.17) is 4.74 Å². The summed E-state index contributed by atoms with van der Waals surface area (Å²) in [7, 11) is 1.60. The van der Waals surface area contributed by atoms with E-state index in [0.717, 1.165) is 25.7 Å². The van der Waals surface area contributed by atoms with E-state index in [0.29, 0.717) is 29.3 Å². The van der Waals surface area contributed by atoms with E-state index in [1.165, 1.54) is 11.1 Å². The van der Waals surface area contributed by atoms with Crippen molar-refractivity contribution in [2.45, 2.75) is 38.5 Å². The molecule has 0 radical (unpaired) electrons. The molecule has 3 unspecified atom stereocenters. The summed E-state index contributed by atoms with van der Waals surface area (Å²) < 4.78 is 5.30. The Hall–Kier alpha value is -1.77. The molecule has 0 saturated heterocycles. The number of benzene rings is 1. The van der Waals surface area contributed by atoms with Gasteiger partial charge in [0.25, 0.3) is 0 Å². The van der Waals surface area contributed by atoms with E-state index in [1.54, 1.807) is 13.2 Å². The molecule has 0 aliphatic heterocycles. The highest BCUT2D eigenvalue weighted by atomic mass is 16.5. The van der Waals surface area contributed by atoms with Crippen molar-refractivity contribution >= 4 is 5.78 Å². The smallest absolute Gasteiger partial charge is 0.161 e. The van der Waals surface area contributed by atoms with Crippen molar-refractivity contribution < 1.29 is 14.6 Å². The molecule has 1 aromatic rings. The molecule has 3 aliphatic rings. The zero-order valence-electron chi connectivity index (χ0n) is 13.1. The van der Waals surface area contributed by atoms with E-state index < -0.39 is 0 Å². The summed E-state index contributed by atoms with van der Waals surface area (Å²) >= 11 is 0. The number of ether oxygens (including phenoxy) is 1. The Bertz CT molecular complexity index is 676. The molecule has 0 amide bonds. The lowest BCUT2D eigenvalue weighted by molar-refractivity contribution is -0.126. The fourth-order valence-electron chi connectivity index (χ4n) is 5.02. The second-order valence-corrected chi connectivity index (χ2v) is 7.24. The monoisotopic (exact) mass is 298 g/mol. The van der Waals surface area contributed by atoms with Crippen molar-refractivity contribution in [3.8, 4) is 11.5 Å². The minimum Gasteiger partial charge on any atom is -0.504 e. The molecule has 1 aromatic carbocycles. The zero-order valence-corrected chi connectivity index (χ0v) is 13.1. The number of phenols is 1. The number of carbonyl (C=O) groups is 1. The fourth-order valence-corrected chi connectivity index (χ4v) is 5.02. The molecule has 4 rings (SSSR count). The van der Waals surface area contributed by atoms with Gasteiger partial charge in [0.1, 0.15) is 0 Å². The first kappa shape index (κ1) is 13.9. The lowest BCUT2D eigenvalue weighted by Crippen LogP contribution is -2.42. The number of methoxy groups -OCH3 is 1. The summed E-state index contributed by atoms with van der Waals surface area (Å²) in [6, 6.07) is 3.89. The molecule has 4 atom stereocenters. The molecule has 1 N–H and O–H groups in total. The first-order valence-corrected chi connectivity index (χ1v) is 8.17. The minimum atomic E-state index is -0.181. The topological polar surface area (TPSA) is 46.5 Å². The number of carbonyl (C=O) groups excluding carboxylic acids is 1. The van der Waals surface area contributed by atoms with Gasteiger partial charge in [-0.05, 0) is 72.8 Å². The number of hydrogen-bond donors (Lipinski definition) is 1. The first-order valence-electron chi connectivity index (χ1n) is 8.17. The number of hydrogen-bond acceptors (Lipinski definition) is 3. The molecule has 3 heteroatoms. The second kappa shape index (κ2) is 4.61. The van der Waals surface area contributed by atoms with Crippen molar-refractivity contribution in [1.82, 2.24) is 0 Å². The Morgan fingerprint density at radius 2 is 2.14 bits per heavy atom. The van der Waals surface area contributed by atoms with Gasteiger partial charge in [0, 0.05) is 5.41 Å². The third-order valence-corrected chi connectivity index (χ3v) is 6.29. The van der Waals surface area contributed by atoms with Crippen LogP contribution in [0.15, 0.2) is 24.3 Å². The summed E-state index contributed by atoms with van der Waals surface area (Å²) in [5.41, 5.74) is 2.39. The Labute approximate surface area is 131 Å². The van der Waals surface area contributed by atoms with Gasteiger partial charge in [-0.15, -0.1) is 0 Å². The van der Waals surface area contributed by atoms with Gasteiger partial charge in [-0.1, -0.05) is 13.0 Å². The van der Waals surface area contributed by atoms with Gasteiger partial charge >= 0.3 is 0 Å². The van der Waals surface area contributed by atoms with Gasteiger partial charge in [-0.25, -0.2) is 0 Å². The third kappa shape index (κ3) is 1.71. The fraction of sp³-hybridized carbons (Fsp3) is 0.526. The van der Waals surface area contributed by atoms with E-state index in [9.17, 15) is 9.90 Å². The number of rotatable bonds is 1. The van der Waals surface area contributed by atoms with Crippen LogP contribution in [0.3, 0.4) is 0 Å². The first-order chi connectivity index (χ1) is 10.5. The van der Waals surface area contributed by atoms with Gasteiger partial charge in [0.05, 0.1) is 7.11 Å². The van der Waals surface area contributed by atoms with E-state index >= 15 is 0 Å². The van der Waals surface area contributed by atoms with Crippen molar-refractivity contribution in [3.05, 3.63) is 35.4 Å². The molecule has 1 fully saturated rings. The molecular formula is C19H22O3. The third-order valence-electron chi connectivity index (χ3n) is 6.29. The molecule has 22 heavy (non-hydrogen) atoms. The van der Waals surface area contributed by atoms with Gasteiger partial charge in [-0.3, -0.25) is 4.79 Å². The summed E-state index contributed by atoms with van der Waals surface area (Å²) in [4.78, 5) is 12.3. The number of aromatic hydroxyl groups is 1. The summed E-state index contributed by atoms with van der Waals surface area (Å²) in [6.07, 6.45) is 8.03. The summed E-state index contributed by atoms with van der Waals surface area (Å²) in [6.45, 7) is 2.14. The molecular weight excluding hydrogens is 276 g/mol. The van der Waals surface area contributed by atoms with Gasteiger partial charge in [0.2, 0.25) is 0 Å². The van der Waals surface area contributed by atoms with Crippen LogP contribution in [0.5, 0.6) is 11.5 Å². The van der Waals surface area contributed by atoms with Crippen LogP contribution in [-0.2, 0) is 11.2 Å². The van der Waals surface area contributed by atoms with E-state index in [1.807, 2.05) is 12.1 Å². The van der Waals surface area contributed by atoms with E-state index in [-0.39, 0.29) is 11.2 Å². The molecule has 116 valence electrons. The quantitative estimate of drug-likeness (QED) is 0.861. The molecule has 0 heterocycles. The second-order valence-electron chi connectivity index (χ2n) is 7.24. The molecule has 0 bridgehead atoms. The number of aryl methyl sites for hydroxylation is 1. The Morgan fingerprint density at radius 1 is 1.32 bits per heavy atom. The Kier molecular flexibility index (Phi) is 2.91. The number of phenolic OH excluding ortho intramolecular Hbond substituents is 1. The maximum Gasteiger partial charge on any atom is 0.161 e. The molecule has 1 saturated carbocycles. The number of fused-ring (bicyclic) bond motifs is 5. The lowest BCUT2D eigenvalue weighted by Gasteiger charge is -2.48. The van der Waals surface area contributed by atoms with Gasteiger partial charge in [-0.2, -0.15) is 0 Å². The predicted octanol–water partition coefficient (Wildman–Crippen LogP) is 3.60. The van der Waals surface area contributed by atoms with E-state index in [2.05, 4.69) is 13.0 Å². The molecule has 0 spiro atoms. The SMILES string of the molecule is COc1cc2c(cc1O)CCC1C2CC[C@]2(C)C(=O)C=CC12. The number of ketones is 1. The highest BCUT2D eigenvalue weighted by Crippen LogP contribution is 2.58. The van der Waals surface area contributed by atoms with Crippen molar-refractivity contribution in [3.63, 3.8) is 0 Å². The average Bonchev–Trinajstić information content (AvgIpc) is 2.82. The van der Waals surface area contributed by atoms with Crippen molar-refractivity contribution in [2.75, 3.05) is 7.11 Å². The Morgan fingerprint density at radius 3 is 2.91 bits per heavy atom. The van der Waals surface area contributed by atoms with Crippen LogP contribution in [0.1, 0.15) is 43.2 Å². The zero-order chi connectivity index (χ0) is 15.5. The predicted molar refractivity (Wildman–Crippen MR) is 84.2 cm³/mol. The lowest BCUT2D eigenvalue weighted by atomic mass is 9.55. The molecule has 3 nitrogen and oxygen atoms in total. The van der Waals surface area contributed by atoms with Crippen molar-refractivity contribution in [2.24, 2.45) is 17.3 Å². The summed E-state index contributed by atoms with van der Waals surface area (Å²) in [5, 5.41) is 10.0. The highest BCUT2D eigenvalue weighted by molar-refractivity contribution is 5.97. The summed E-state index contributed by atoms with van der Waals surface area (Å²) in [5.74, 6) is 2.48. The van der Waals surface area contributed by atoms with Crippen LogP contribution in [-0.4, -0.2) is 18.0 Å². The van der Waals surface area contributed by atoms with Crippen LogP contribution < -0.4 is 4.74 Å². The Balaban J connectivity index is 1.75. The molecule has 3 aliphatic carbocycles. The van der Waals surface area contributed by atoms with Crippen LogP contribution in [0.2, 0.25) is 0 Å². The largest absolute Gasteiger partial charge is 0.504 e. The van der Waals surface area contributed by atoms with Crippen LogP contribution >= 0.6 is 0 Å². The van der Waals surface area contributed by atoms with Crippen molar-refractivity contribution in [1.29, 1.82) is 0 Å². The van der Waals surface area contributed by atoms with Gasteiger partial charge < -0.3 is 9.84 Å². The van der Waals surface area contributed by atoms with Crippen LogP contribution in [0, 0.1) is 17.3 Å². The normalized spacial score (nSPS) is 35.7. The van der Waals surface area contributed by atoms with Crippen LogP contribution in [0.25, 0.3) is 0 Å². The molecule has 0 aromatic heterocycles. The minimum absolute atomic E-state index is 0.181. The highest BCUT2D eigenvalue weighted by Gasteiger charge is 2.52. The average molecular weight is 298 g/mol.